The van der Waals surface area contributed by atoms with E-state index in [0.29, 0.717) is 25.2 Å². The van der Waals surface area contributed by atoms with Gasteiger partial charge in [-0.15, -0.1) is 0 Å². The molecular weight excluding hydrogens is 230 g/mol. The van der Waals surface area contributed by atoms with E-state index in [4.69, 9.17) is 9.47 Å². The lowest BCUT2D eigenvalue weighted by molar-refractivity contribution is -0.151. The van der Waals surface area contributed by atoms with Crippen LogP contribution in [0.2, 0.25) is 0 Å². The van der Waals surface area contributed by atoms with Crippen LogP contribution in [-0.4, -0.2) is 37.9 Å². The topological polar surface area (TPSA) is 47.6 Å². The van der Waals surface area contributed by atoms with Gasteiger partial charge in [0.25, 0.3) is 0 Å². The summed E-state index contributed by atoms with van der Waals surface area (Å²) in [6, 6.07) is 0.450. The van der Waals surface area contributed by atoms with Crippen molar-refractivity contribution >= 4 is 5.97 Å². The first-order valence-electron chi connectivity index (χ1n) is 6.95. The van der Waals surface area contributed by atoms with Crippen LogP contribution in [0, 0.1) is 5.92 Å². The van der Waals surface area contributed by atoms with Crippen LogP contribution in [0.15, 0.2) is 0 Å². The van der Waals surface area contributed by atoms with Gasteiger partial charge in [0.1, 0.15) is 5.54 Å². The van der Waals surface area contributed by atoms with Gasteiger partial charge in [-0.05, 0) is 32.1 Å². The monoisotopic (exact) mass is 257 g/mol. The standard InChI is InChI=1S/C14H27NO3/c1-5-6-11(2)9-18-10-14(3,13(16)17-4)15-12-7-8-12/h11-12,15H,5-10H2,1-4H3. The lowest BCUT2D eigenvalue weighted by Crippen LogP contribution is -2.54. The van der Waals surface area contributed by atoms with Crippen LogP contribution in [0.1, 0.15) is 46.5 Å². The number of esters is 1. The molecular formula is C14H27NO3. The highest BCUT2D eigenvalue weighted by Gasteiger charge is 2.39. The van der Waals surface area contributed by atoms with Crippen LogP contribution < -0.4 is 5.32 Å². The van der Waals surface area contributed by atoms with E-state index in [-0.39, 0.29) is 5.97 Å². The van der Waals surface area contributed by atoms with Crippen LogP contribution in [-0.2, 0) is 14.3 Å². The molecule has 1 rings (SSSR count). The molecule has 2 atom stereocenters. The average Bonchev–Trinajstić information content (AvgIpc) is 3.12. The van der Waals surface area contributed by atoms with Crippen molar-refractivity contribution in [3.8, 4) is 0 Å². The quantitative estimate of drug-likeness (QED) is 0.643. The van der Waals surface area contributed by atoms with Gasteiger partial charge in [0.2, 0.25) is 0 Å². The number of methoxy groups -OCH3 is 1. The summed E-state index contributed by atoms with van der Waals surface area (Å²) in [6.07, 6.45) is 4.60. The molecule has 1 saturated carbocycles. The first-order valence-corrected chi connectivity index (χ1v) is 6.95. The predicted octanol–water partition coefficient (Wildman–Crippen LogP) is 2.12. The molecule has 1 aliphatic carbocycles. The summed E-state index contributed by atoms with van der Waals surface area (Å²) >= 11 is 0. The van der Waals surface area contributed by atoms with Gasteiger partial charge in [-0.1, -0.05) is 20.3 Å². The van der Waals surface area contributed by atoms with Crippen LogP contribution in [0.5, 0.6) is 0 Å². The third-order valence-corrected chi connectivity index (χ3v) is 3.31. The van der Waals surface area contributed by atoms with E-state index in [2.05, 4.69) is 19.2 Å². The molecule has 0 aromatic rings. The number of carbonyl (C=O) groups is 1. The van der Waals surface area contributed by atoms with Crippen molar-refractivity contribution in [3.63, 3.8) is 0 Å². The highest BCUT2D eigenvalue weighted by atomic mass is 16.5. The van der Waals surface area contributed by atoms with Gasteiger partial charge >= 0.3 is 5.97 Å². The van der Waals surface area contributed by atoms with E-state index in [1.54, 1.807) is 0 Å². The third-order valence-electron chi connectivity index (χ3n) is 3.31. The van der Waals surface area contributed by atoms with Crippen molar-refractivity contribution in [1.82, 2.24) is 5.32 Å². The Morgan fingerprint density at radius 1 is 1.50 bits per heavy atom. The van der Waals surface area contributed by atoms with Gasteiger partial charge in [0, 0.05) is 12.6 Å². The first kappa shape index (κ1) is 15.4. The van der Waals surface area contributed by atoms with Crippen molar-refractivity contribution in [2.75, 3.05) is 20.3 Å². The molecule has 0 saturated heterocycles. The molecule has 0 heterocycles. The van der Waals surface area contributed by atoms with E-state index in [1.807, 2.05) is 6.92 Å². The molecule has 0 aliphatic heterocycles. The van der Waals surface area contributed by atoms with E-state index >= 15 is 0 Å². The summed E-state index contributed by atoms with van der Waals surface area (Å²) in [5.74, 6) is 0.301. The molecule has 4 nitrogen and oxygen atoms in total. The minimum atomic E-state index is -0.706. The highest BCUT2D eigenvalue weighted by molar-refractivity contribution is 5.80. The van der Waals surface area contributed by atoms with Gasteiger partial charge in [0.05, 0.1) is 13.7 Å². The van der Waals surface area contributed by atoms with Crippen LogP contribution in [0.25, 0.3) is 0 Å². The SMILES string of the molecule is CCCC(C)COCC(C)(NC1CC1)C(=O)OC. The molecule has 2 unspecified atom stereocenters. The molecule has 0 amide bonds. The zero-order valence-electron chi connectivity index (χ0n) is 12.1. The summed E-state index contributed by atoms with van der Waals surface area (Å²) in [5, 5.41) is 3.32. The van der Waals surface area contributed by atoms with Crippen molar-refractivity contribution in [3.05, 3.63) is 0 Å². The average molecular weight is 257 g/mol. The predicted molar refractivity (Wildman–Crippen MR) is 71.5 cm³/mol. The normalized spacial score (nSPS) is 20.2. The summed E-state index contributed by atoms with van der Waals surface area (Å²) in [6.45, 7) is 7.29. The number of ether oxygens (including phenoxy) is 2. The summed E-state index contributed by atoms with van der Waals surface area (Å²) < 4.78 is 10.6. The lowest BCUT2D eigenvalue weighted by atomic mass is 10.0. The largest absolute Gasteiger partial charge is 0.468 e. The maximum absolute atomic E-state index is 11.8. The van der Waals surface area contributed by atoms with Gasteiger partial charge in [-0.2, -0.15) is 0 Å². The van der Waals surface area contributed by atoms with E-state index in [9.17, 15) is 4.79 Å². The van der Waals surface area contributed by atoms with Crippen LogP contribution in [0.3, 0.4) is 0 Å². The zero-order chi connectivity index (χ0) is 13.6. The maximum atomic E-state index is 11.8. The van der Waals surface area contributed by atoms with Gasteiger partial charge in [-0.3, -0.25) is 5.32 Å². The Morgan fingerprint density at radius 2 is 2.17 bits per heavy atom. The van der Waals surface area contributed by atoms with E-state index in [1.165, 1.54) is 13.5 Å². The minimum absolute atomic E-state index is 0.238. The Balaban J connectivity index is 2.38. The fourth-order valence-electron chi connectivity index (χ4n) is 2.10. The molecule has 1 aliphatic rings. The molecule has 0 aromatic heterocycles. The second-order valence-electron chi connectivity index (χ2n) is 5.65. The molecule has 1 fully saturated rings. The molecule has 0 spiro atoms. The fourth-order valence-corrected chi connectivity index (χ4v) is 2.10. The molecule has 0 bridgehead atoms. The summed E-state index contributed by atoms with van der Waals surface area (Å²) in [5.41, 5.74) is -0.706. The van der Waals surface area contributed by atoms with Crippen molar-refractivity contribution < 1.29 is 14.3 Å². The number of hydrogen-bond donors (Lipinski definition) is 1. The Kier molecular flexibility index (Phi) is 6.09. The highest BCUT2D eigenvalue weighted by Crippen LogP contribution is 2.23. The zero-order valence-corrected chi connectivity index (χ0v) is 12.1. The Morgan fingerprint density at radius 3 is 2.67 bits per heavy atom. The van der Waals surface area contributed by atoms with Gasteiger partial charge in [0.15, 0.2) is 0 Å². The summed E-state index contributed by atoms with van der Waals surface area (Å²) in [7, 11) is 1.43. The van der Waals surface area contributed by atoms with Gasteiger partial charge < -0.3 is 9.47 Å². The smallest absolute Gasteiger partial charge is 0.328 e. The number of carbonyl (C=O) groups excluding carboxylic acids is 1. The van der Waals surface area contributed by atoms with E-state index < -0.39 is 5.54 Å². The number of hydrogen-bond acceptors (Lipinski definition) is 4. The van der Waals surface area contributed by atoms with E-state index in [0.717, 1.165) is 19.3 Å². The summed E-state index contributed by atoms with van der Waals surface area (Å²) in [4.78, 5) is 11.8. The number of rotatable bonds is 9. The van der Waals surface area contributed by atoms with Gasteiger partial charge in [-0.25, -0.2) is 4.79 Å². The lowest BCUT2D eigenvalue weighted by Gasteiger charge is -2.28. The van der Waals surface area contributed by atoms with Crippen molar-refractivity contribution in [2.45, 2.75) is 58.0 Å². The first-order chi connectivity index (χ1) is 8.51. The number of nitrogens with one attached hydrogen (secondary N) is 1. The molecule has 0 aromatic carbocycles. The van der Waals surface area contributed by atoms with Crippen LogP contribution in [0.4, 0.5) is 0 Å². The second kappa shape index (κ2) is 7.10. The van der Waals surface area contributed by atoms with Crippen LogP contribution >= 0.6 is 0 Å². The fraction of sp³-hybridized carbons (Fsp3) is 0.929. The third kappa shape index (κ3) is 4.94. The Bertz CT molecular complexity index is 266. The maximum Gasteiger partial charge on any atom is 0.328 e. The van der Waals surface area contributed by atoms with Crippen molar-refractivity contribution in [1.29, 1.82) is 0 Å². The minimum Gasteiger partial charge on any atom is -0.468 e. The second-order valence-corrected chi connectivity index (χ2v) is 5.65. The molecule has 18 heavy (non-hydrogen) atoms. The van der Waals surface area contributed by atoms with Crippen molar-refractivity contribution in [2.24, 2.45) is 5.92 Å². The molecule has 4 heteroatoms. The molecule has 1 N–H and O–H groups in total. The Hall–Kier alpha value is -0.610. The molecule has 106 valence electrons. The molecule has 0 radical (unpaired) electrons. The Labute approximate surface area is 110 Å².